The van der Waals surface area contributed by atoms with Gasteiger partial charge in [0.2, 0.25) is 10.0 Å². The van der Waals surface area contributed by atoms with E-state index in [1.165, 1.54) is 71.0 Å². The summed E-state index contributed by atoms with van der Waals surface area (Å²) in [5, 5.41) is 9.02. The zero-order chi connectivity index (χ0) is 24.5. The van der Waals surface area contributed by atoms with Crippen LogP contribution in [0, 0.1) is 11.6 Å². The van der Waals surface area contributed by atoms with Crippen LogP contribution in [0.25, 0.3) is 0 Å². The van der Waals surface area contributed by atoms with E-state index in [2.05, 4.69) is 0 Å². The number of carboxylic acids is 1. The van der Waals surface area contributed by atoms with Crippen molar-refractivity contribution in [1.82, 2.24) is 4.31 Å². The van der Waals surface area contributed by atoms with E-state index in [-0.39, 0.29) is 24.4 Å². The third-order valence-electron chi connectivity index (χ3n) is 5.67. The molecule has 1 aliphatic heterocycles. The molecule has 1 aliphatic rings. The lowest BCUT2D eigenvalue weighted by molar-refractivity contribution is -0.138. The Morgan fingerprint density at radius 3 is 2.21 bits per heavy atom. The van der Waals surface area contributed by atoms with Gasteiger partial charge in [-0.1, -0.05) is 24.3 Å². The SMILES string of the molecule is N[C@@H](Cc1cccc(S(=O)(=O)N2CC(Oc3ccc(F)cc3)(c3ccc(F)cc3)C2)c1)C(=O)O. The normalized spacial score (nSPS) is 16.4. The summed E-state index contributed by atoms with van der Waals surface area (Å²) in [6.07, 6.45) is -0.0219. The van der Waals surface area contributed by atoms with Gasteiger partial charge in [0.15, 0.2) is 5.60 Å². The third kappa shape index (κ3) is 4.79. The average Bonchev–Trinajstić information content (AvgIpc) is 2.78. The Bertz CT molecular complexity index is 1290. The average molecular weight is 489 g/mol. The predicted octanol–water partition coefficient (Wildman–Crippen LogP) is 2.90. The molecule has 7 nitrogen and oxygen atoms in total. The minimum Gasteiger partial charge on any atom is -0.480 e. The first-order valence-electron chi connectivity index (χ1n) is 10.4. The first-order chi connectivity index (χ1) is 16.1. The first kappa shape index (κ1) is 23.8. The van der Waals surface area contributed by atoms with E-state index in [9.17, 15) is 22.0 Å². The molecule has 0 bridgehead atoms. The van der Waals surface area contributed by atoms with Crippen LogP contribution in [0.5, 0.6) is 5.75 Å². The van der Waals surface area contributed by atoms with Crippen LogP contribution in [-0.2, 0) is 26.8 Å². The number of nitrogens with two attached hydrogens (primary N) is 1. The lowest BCUT2D eigenvalue weighted by atomic mass is 9.87. The van der Waals surface area contributed by atoms with Crippen molar-refractivity contribution >= 4 is 16.0 Å². The van der Waals surface area contributed by atoms with Crippen LogP contribution in [0.4, 0.5) is 8.78 Å². The lowest BCUT2D eigenvalue weighted by Gasteiger charge is -2.48. The fraction of sp³-hybridized carbons (Fsp3) is 0.208. The molecule has 3 N–H and O–H groups in total. The van der Waals surface area contributed by atoms with Crippen LogP contribution >= 0.6 is 0 Å². The molecule has 0 unspecified atom stereocenters. The number of hydrogen-bond acceptors (Lipinski definition) is 5. The smallest absolute Gasteiger partial charge is 0.320 e. The molecule has 3 aromatic rings. The summed E-state index contributed by atoms with van der Waals surface area (Å²) in [5.41, 5.74) is 5.53. The van der Waals surface area contributed by atoms with Crippen molar-refractivity contribution in [3.8, 4) is 5.75 Å². The molecular weight excluding hydrogens is 466 g/mol. The second-order valence-electron chi connectivity index (χ2n) is 8.13. The first-order valence-corrected chi connectivity index (χ1v) is 11.8. The van der Waals surface area contributed by atoms with Crippen LogP contribution in [-0.4, -0.2) is 42.9 Å². The van der Waals surface area contributed by atoms with E-state index < -0.39 is 39.3 Å². The number of aliphatic carboxylic acids is 1. The maximum absolute atomic E-state index is 13.5. The van der Waals surface area contributed by atoms with Gasteiger partial charge in [0, 0.05) is 0 Å². The van der Waals surface area contributed by atoms with Gasteiger partial charge in [0.05, 0.1) is 18.0 Å². The van der Waals surface area contributed by atoms with Gasteiger partial charge in [-0.25, -0.2) is 17.2 Å². The Labute approximate surface area is 195 Å². The number of ether oxygens (including phenoxy) is 1. The lowest BCUT2D eigenvalue weighted by Crippen LogP contribution is -2.64. The summed E-state index contributed by atoms with van der Waals surface area (Å²) in [7, 11) is -3.94. The summed E-state index contributed by atoms with van der Waals surface area (Å²) in [4.78, 5) is 11.0. The van der Waals surface area contributed by atoms with Crippen molar-refractivity contribution < 1.29 is 31.8 Å². The number of benzene rings is 3. The van der Waals surface area contributed by atoms with Crippen LogP contribution in [0.1, 0.15) is 11.1 Å². The molecule has 1 saturated heterocycles. The Kier molecular flexibility index (Phi) is 6.39. The number of halogens is 2. The van der Waals surface area contributed by atoms with Crippen molar-refractivity contribution in [3.05, 3.63) is 95.6 Å². The topological polar surface area (TPSA) is 110 Å². The van der Waals surface area contributed by atoms with Gasteiger partial charge < -0.3 is 15.6 Å². The standard InChI is InChI=1S/C24H22F2N2O5S/c25-18-6-4-17(5-7-18)24(33-20-10-8-19(26)9-11-20)14-28(15-24)34(31,32)21-3-1-2-16(12-21)13-22(27)23(29)30/h1-12,22H,13-15,27H2,(H,29,30)/t22-/m0/s1. The number of nitrogens with zero attached hydrogens (tertiary/aromatic N) is 1. The third-order valence-corrected chi connectivity index (χ3v) is 7.46. The number of sulfonamides is 1. The van der Waals surface area contributed by atoms with E-state index >= 15 is 0 Å². The van der Waals surface area contributed by atoms with Crippen molar-refractivity contribution in [2.45, 2.75) is 23.0 Å². The Morgan fingerprint density at radius 1 is 1.03 bits per heavy atom. The number of carbonyl (C=O) groups is 1. The highest BCUT2D eigenvalue weighted by Gasteiger charge is 2.52. The van der Waals surface area contributed by atoms with E-state index in [4.69, 9.17) is 15.6 Å². The molecule has 0 aliphatic carbocycles. The fourth-order valence-corrected chi connectivity index (χ4v) is 5.41. The highest BCUT2D eigenvalue weighted by molar-refractivity contribution is 7.89. The van der Waals surface area contributed by atoms with Gasteiger partial charge in [-0.2, -0.15) is 4.31 Å². The molecule has 0 spiro atoms. The van der Waals surface area contributed by atoms with Crippen LogP contribution in [0.2, 0.25) is 0 Å². The minimum atomic E-state index is -3.94. The highest BCUT2D eigenvalue weighted by atomic mass is 32.2. The Hall–Kier alpha value is -3.34. The maximum atomic E-state index is 13.5. The Balaban J connectivity index is 1.60. The molecule has 178 valence electrons. The molecule has 10 heteroatoms. The van der Waals surface area contributed by atoms with Crippen molar-refractivity contribution in [3.63, 3.8) is 0 Å². The molecule has 34 heavy (non-hydrogen) atoms. The minimum absolute atomic E-state index is 0.00271. The maximum Gasteiger partial charge on any atom is 0.320 e. The van der Waals surface area contributed by atoms with Crippen LogP contribution in [0.15, 0.2) is 77.7 Å². The van der Waals surface area contributed by atoms with Crippen LogP contribution < -0.4 is 10.5 Å². The Morgan fingerprint density at radius 2 is 1.62 bits per heavy atom. The van der Waals surface area contributed by atoms with E-state index in [0.29, 0.717) is 16.9 Å². The fourth-order valence-electron chi connectivity index (χ4n) is 3.80. The molecular formula is C24H22F2N2O5S. The van der Waals surface area contributed by atoms with Crippen molar-refractivity contribution in [1.29, 1.82) is 0 Å². The monoisotopic (exact) mass is 488 g/mol. The predicted molar refractivity (Wildman–Crippen MR) is 120 cm³/mol. The molecule has 0 aromatic heterocycles. The number of carboxylic acid groups (broad SMARTS) is 1. The van der Waals surface area contributed by atoms with Gasteiger partial charge in [-0.15, -0.1) is 0 Å². The number of rotatable bonds is 8. The second-order valence-corrected chi connectivity index (χ2v) is 10.1. The summed E-state index contributed by atoms with van der Waals surface area (Å²) in [5.74, 6) is -1.73. The van der Waals surface area contributed by atoms with E-state index in [0.717, 1.165) is 0 Å². The van der Waals surface area contributed by atoms with E-state index in [1.54, 1.807) is 6.07 Å². The summed E-state index contributed by atoms with van der Waals surface area (Å²) >= 11 is 0. The highest BCUT2D eigenvalue weighted by Crippen LogP contribution is 2.40. The van der Waals surface area contributed by atoms with Gasteiger partial charge in [0.1, 0.15) is 23.4 Å². The zero-order valence-electron chi connectivity index (χ0n) is 17.9. The molecule has 1 heterocycles. The zero-order valence-corrected chi connectivity index (χ0v) is 18.7. The van der Waals surface area contributed by atoms with Crippen molar-refractivity contribution in [2.75, 3.05) is 13.1 Å². The van der Waals surface area contributed by atoms with Gasteiger partial charge in [-0.05, 0) is 66.1 Å². The van der Waals surface area contributed by atoms with Gasteiger partial charge in [-0.3, -0.25) is 4.79 Å². The molecule has 1 atom stereocenters. The summed E-state index contributed by atoms with van der Waals surface area (Å²) < 4.78 is 60.7. The van der Waals surface area contributed by atoms with Gasteiger partial charge in [0.25, 0.3) is 0 Å². The van der Waals surface area contributed by atoms with Crippen LogP contribution in [0.3, 0.4) is 0 Å². The largest absolute Gasteiger partial charge is 0.480 e. The molecule has 0 amide bonds. The molecule has 0 saturated carbocycles. The molecule has 1 fully saturated rings. The quantitative estimate of drug-likeness (QED) is 0.505. The van der Waals surface area contributed by atoms with Crippen molar-refractivity contribution in [2.24, 2.45) is 5.73 Å². The molecule has 0 radical (unpaired) electrons. The second kappa shape index (κ2) is 9.13. The molecule has 4 rings (SSSR count). The molecule has 3 aromatic carbocycles. The van der Waals surface area contributed by atoms with Gasteiger partial charge >= 0.3 is 5.97 Å². The summed E-state index contributed by atoms with van der Waals surface area (Å²) in [6.45, 7) is -0.117. The van der Waals surface area contributed by atoms with E-state index in [1.807, 2.05) is 0 Å². The summed E-state index contributed by atoms with van der Waals surface area (Å²) in [6, 6.07) is 15.7. The number of hydrogen-bond donors (Lipinski definition) is 2.